The minimum atomic E-state index is -0.848. The SMILES string of the molecule is Cc1ncnc(O[C@@H]2CCC[C@H]2F)c1C. The first-order chi connectivity index (χ1) is 7.18. The number of aryl methyl sites for hydroxylation is 1. The molecule has 1 aromatic heterocycles. The molecule has 0 unspecified atom stereocenters. The summed E-state index contributed by atoms with van der Waals surface area (Å²) >= 11 is 0. The Balaban J connectivity index is 2.13. The van der Waals surface area contributed by atoms with Gasteiger partial charge in [0.2, 0.25) is 5.88 Å². The summed E-state index contributed by atoms with van der Waals surface area (Å²) in [6, 6.07) is 0. The smallest absolute Gasteiger partial charge is 0.219 e. The molecule has 1 fully saturated rings. The lowest BCUT2D eigenvalue weighted by Gasteiger charge is -2.16. The standard InChI is InChI=1S/C11H15FN2O/c1-7-8(2)13-6-14-11(7)15-10-5-3-4-9(10)12/h6,9-10H,3-5H2,1-2H3/t9-,10-/m1/s1. The molecule has 0 aromatic carbocycles. The van der Waals surface area contributed by atoms with Crippen molar-refractivity contribution in [2.24, 2.45) is 0 Å². The molecule has 1 heterocycles. The molecule has 0 spiro atoms. The van der Waals surface area contributed by atoms with Gasteiger partial charge in [0, 0.05) is 11.3 Å². The van der Waals surface area contributed by atoms with Crippen LogP contribution in [-0.4, -0.2) is 22.2 Å². The fourth-order valence-electron chi connectivity index (χ4n) is 1.79. The summed E-state index contributed by atoms with van der Waals surface area (Å²) in [5.74, 6) is 0.525. The highest BCUT2D eigenvalue weighted by atomic mass is 19.1. The van der Waals surface area contributed by atoms with Crippen LogP contribution in [0.2, 0.25) is 0 Å². The second-order valence-corrected chi connectivity index (χ2v) is 3.99. The normalized spacial score (nSPS) is 25.5. The zero-order valence-electron chi connectivity index (χ0n) is 9.03. The van der Waals surface area contributed by atoms with E-state index in [9.17, 15) is 4.39 Å². The molecular weight excluding hydrogens is 195 g/mol. The van der Waals surface area contributed by atoms with Gasteiger partial charge in [-0.2, -0.15) is 0 Å². The van der Waals surface area contributed by atoms with Gasteiger partial charge in [-0.3, -0.25) is 0 Å². The Hall–Kier alpha value is -1.19. The molecule has 0 amide bonds. The number of ether oxygens (including phenoxy) is 1. The Kier molecular flexibility index (Phi) is 2.84. The Morgan fingerprint density at radius 1 is 1.33 bits per heavy atom. The Bertz CT molecular complexity index is 356. The Morgan fingerprint density at radius 3 is 2.80 bits per heavy atom. The molecular formula is C11H15FN2O. The topological polar surface area (TPSA) is 35.0 Å². The van der Waals surface area contributed by atoms with Gasteiger partial charge in [0.15, 0.2) is 0 Å². The molecule has 4 heteroatoms. The van der Waals surface area contributed by atoms with Crippen LogP contribution in [-0.2, 0) is 0 Å². The van der Waals surface area contributed by atoms with Crippen molar-refractivity contribution < 1.29 is 9.13 Å². The van der Waals surface area contributed by atoms with Crippen molar-refractivity contribution in [3.63, 3.8) is 0 Å². The molecule has 2 atom stereocenters. The highest BCUT2D eigenvalue weighted by Gasteiger charge is 2.29. The lowest BCUT2D eigenvalue weighted by molar-refractivity contribution is 0.119. The molecule has 0 N–H and O–H groups in total. The first-order valence-corrected chi connectivity index (χ1v) is 5.27. The van der Waals surface area contributed by atoms with Gasteiger partial charge in [-0.25, -0.2) is 14.4 Å². The maximum Gasteiger partial charge on any atom is 0.219 e. The monoisotopic (exact) mass is 210 g/mol. The van der Waals surface area contributed by atoms with E-state index in [-0.39, 0.29) is 6.10 Å². The van der Waals surface area contributed by atoms with Crippen molar-refractivity contribution >= 4 is 0 Å². The number of aromatic nitrogens is 2. The van der Waals surface area contributed by atoms with Gasteiger partial charge >= 0.3 is 0 Å². The predicted molar refractivity (Wildman–Crippen MR) is 54.7 cm³/mol. The van der Waals surface area contributed by atoms with E-state index in [2.05, 4.69) is 9.97 Å². The quantitative estimate of drug-likeness (QED) is 0.751. The van der Waals surface area contributed by atoms with Crippen molar-refractivity contribution in [3.8, 4) is 5.88 Å². The minimum absolute atomic E-state index is 0.321. The zero-order valence-corrected chi connectivity index (χ0v) is 9.03. The molecule has 82 valence electrons. The molecule has 1 aliphatic carbocycles. The van der Waals surface area contributed by atoms with Crippen molar-refractivity contribution in [1.82, 2.24) is 9.97 Å². The maximum absolute atomic E-state index is 13.3. The largest absolute Gasteiger partial charge is 0.471 e. The average Bonchev–Trinajstić information content (AvgIpc) is 2.60. The molecule has 2 rings (SSSR count). The average molecular weight is 210 g/mol. The third kappa shape index (κ3) is 2.08. The second kappa shape index (κ2) is 4.13. The van der Waals surface area contributed by atoms with Gasteiger partial charge in [0.25, 0.3) is 0 Å². The van der Waals surface area contributed by atoms with Crippen LogP contribution in [0.5, 0.6) is 5.88 Å². The van der Waals surface area contributed by atoms with Gasteiger partial charge in [-0.05, 0) is 33.1 Å². The molecule has 1 aliphatic rings. The van der Waals surface area contributed by atoms with Gasteiger partial charge in [-0.1, -0.05) is 0 Å². The number of halogens is 1. The van der Waals surface area contributed by atoms with Crippen molar-refractivity contribution in [2.45, 2.75) is 45.4 Å². The van der Waals surface area contributed by atoms with Gasteiger partial charge in [0.1, 0.15) is 18.6 Å². The highest BCUT2D eigenvalue weighted by Crippen LogP contribution is 2.27. The van der Waals surface area contributed by atoms with Crippen LogP contribution in [0.3, 0.4) is 0 Å². The number of alkyl halides is 1. The van der Waals surface area contributed by atoms with Crippen LogP contribution < -0.4 is 4.74 Å². The van der Waals surface area contributed by atoms with Crippen LogP contribution in [0.1, 0.15) is 30.5 Å². The fraction of sp³-hybridized carbons (Fsp3) is 0.636. The summed E-state index contributed by atoms with van der Waals surface area (Å²) in [5.41, 5.74) is 1.78. The molecule has 15 heavy (non-hydrogen) atoms. The summed E-state index contributed by atoms with van der Waals surface area (Å²) < 4.78 is 18.9. The van der Waals surface area contributed by atoms with E-state index in [1.807, 2.05) is 13.8 Å². The summed E-state index contributed by atoms with van der Waals surface area (Å²) in [6.45, 7) is 3.79. The van der Waals surface area contributed by atoms with Gasteiger partial charge in [-0.15, -0.1) is 0 Å². The van der Waals surface area contributed by atoms with Crippen LogP contribution in [0.4, 0.5) is 4.39 Å². The van der Waals surface area contributed by atoms with E-state index >= 15 is 0 Å². The van der Waals surface area contributed by atoms with Crippen molar-refractivity contribution in [1.29, 1.82) is 0 Å². The first kappa shape index (κ1) is 10.3. The summed E-state index contributed by atoms with van der Waals surface area (Å²) in [5, 5.41) is 0. The zero-order chi connectivity index (χ0) is 10.8. The van der Waals surface area contributed by atoms with Crippen LogP contribution in [0.25, 0.3) is 0 Å². The Labute approximate surface area is 88.7 Å². The highest BCUT2D eigenvalue weighted by molar-refractivity contribution is 5.27. The number of nitrogens with zero attached hydrogens (tertiary/aromatic N) is 2. The molecule has 1 aromatic rings. The minimum Gasteiger partial charge on any atom is -0.471 e. The molecule has 0 saturated heterocycles. The summed E-state index contributed by atoms with van der Waals surface area (Å²) in [6.07, 6.45) is 2.57. The number of hydrogen-bond acceptors (Lipinski definition) is 3. The van der Waals surface area contributed by atoms with E-state index in [1.54, 1.807) is 0 Å². The second-order valence-electron chi connectivity index (χ2n) is 3.99. The predicted octanol–water partition coefficient (Wildman–Crippen LogP) is 2.36. The van der Waals surface area contributed by atoms with Crippen LogP contribution in [0, 0.1) is 13.8 Å². The lowest BCUT2D eigenvalue weighted by atomic mass is 10.2. The molecule has 3 nitrogen and oxygen atoms in total. The van der Waals surface area contributed by atoms with Gasteiger partial charge in [0.05, 0.1) is 0 Å². The van der Waals surface area contributed by atoms with Crippen LogP contribution in [0.15, 0.2) is 6.33 Å². The van der Waals surface area contributed by atoms with E-state index in [0.717, 1.165) is 24.1 Å². The van der Waals surface area contributed by atoms with Crippen molar-refractivity contribution in [3.05, 3.63) is 17.6 Å². The lowest BCUT2D eigenvalue weighted by Crippen LogP contribution is -2.23. The van der Waals surface area contributed by atoms with E-state index in [4.69, 9.17) is 4.74 Å². The van der Waals surface area contributed by atoms with E-state index < -0.39 is 6.17 Å². The molecule has 1 saturated carbocycles. The molecule has 0 radical (unpaired) electrons. The summed E-state index contributed by atoms with van der Waals surface area (Å²) in [7, 11) is 0. The maximum atomic E-state index is 13.3. The first-order valence-electron chi connectivity index (χ1n) is 5.27. The Morgan fingerprint density at radius 2 is 2.13 bits per heavy atom. The number of hydrogen-bond donors (Lipinski definition) is 0. The molecule has 0 aliphatic heterocycles. The third-order valence-electron chi connectivity index (χ3n) is 2.92. The number of rotatable bonds is 2. The summed E-state index contributed by atoms with van der Waals surface area (Å²) in [4.78, 5) is 8.09. The van der Waals surface area contributed by atoms with Crippen molar-refractivity contribution in [2.75, 3.05) is 0 Å². The van der Waals surface area contributed by atoms with E-state index in [1.165, 1.54) is 6.33 Å². The molecule has 0 bridgehead atoms. The third-order valence-corrected chi connectivity index (χ3v) is 2.92. The van der Waals surface area contributed by atoms with Gasteiger partial charge < -0.3 is 4.74 Å². The van der Waals surface area contributed by atoms with Crippen LogP contribution >= 0.6 is 0 Å². The van der Waals surface area contributed by atoms with E-state index in [0.29, 0.717) is 12.3 Å². The fourth-order valence-corrected chi connectivity index (χ4v) is 1.79.